The van der Waals surface area contributed by atoms with Gasteiger partial charge in [-0.3, -0.25) is 4.79 Å². The minimum Gasteiger partial charge on any atom is -0.461 e. The number of Topliss-reactive ketones (excluding diaryl/α,β-unsaturated/α-hetero) is 1. The van der Waals surface area contributed by atoms with Crippen LogP contribution in [0.1, 0.15) is 24.2 Å². The SMILES string of the molecule is CC1(C)[C@@H](COC(=O)c2ccccc2)C(=O)C1(Cl)Cl. The molecule has 1 aliphatic rings. The molecule has 1 atom stereocenters. The Labute approximate surface area is 121 Å². The summed E-state index contributed by atoms with van der Waals surface area (Å²) in [5.41, 5.74) is -0.153. The zero-order valence-electron chi connectivity index (χ0n) is 10.7. The molecule has 1 aromatic carbocycles. The van der Waals surface area contributed by atoms with Gasteiger partial charge in [-0.05, 0) is 12.1 Å². The fraction of sp³-hybridized carbons (Fsp3) is 0.429. The van der Waals surface area contributed by atoms with Gasteiger partial charge in [0.05, 0.1) is 11.5 Å². The molecular formula is C14H14Cl2O3. The van der Waals surface area contributed by atoms with Crippen molar-refractivity contribution in [2.45, 2.75) is 18.2 Å². The van der Waals surface area contributed by atoms with Crippen molar-refractivity contribution in [2.75, 3.05) is 6.61 Å². The number of esters is 1. The molecule has 0 spiro atoms. The van der Waals surface area contributed by atoms with Crippen molar-refractivity contribution in [3.63, 3.8) is 0 Å². The average molecular weight is 301 g/mol. The van der Waals surface area contributed by atoms with E-state index in [9.17, 15) is 9.59 Å². The molecule has 0 amide bonds. The summed E-state index contributed by atoms with van der Waals surface area (Å²) in [5.74, 6) is -1.21. The zero-order valence-corrected chi connectivity index (χ0v) is 12.2. The monoisotopic (exact) mass is 300 g/mol. The van der Waals surface area contributed by atoms with Crippen molar-refractivity contribution in [1.29, 1.82) is 0 Å². The van der Waals surface area contributed by atoms with Crippen molar-refractivity contribution in [3.05, 3.63) is 35.9 Å². The molecule has 0 aromatic heterocycles. The van der Waals surface area contributed by atoms with Crippen LogP contribution in [0, 0.1) is 11.3 Å². The highest BCUT2D eigenvalue weighted by Crippen LogP contribution is 2.57. The largest absolute Gasteiger partial charge is 0.461 e. The first-order valence-electron chi connectivity index (χ1n) is 5.93. The highest BCUT2D eigenvalue weighted by molar-refractivity contribution is 6.61. The summed E-state index contributed by atoms with van der Waals surface area (Å²) >= 11 is 11.9. The average Bonchev–Trinajstić information content (AvgIpc) is 2.39. The Morgan fingerprint density at radius 2 is 1.84 bits per heavy atom. The molecule has 0 heterocycles. The molecule has 1 aliphatic carbocycles. The van der Waals surface area contributed by atoms with Crippen LogP contribution in [0.5, 0.6) is 0 Å². The van der Waals surface area contributed by atoms with E-state index in [1.54, 1.807) is 38.1 Å². The molecule has 0 N–H and O–H groups in total. The summed E-state index contributed by atoms with van der Waals surface area (Å²) in [6.45, 7) is 3.57. The predicted molar refractivity (Wildman–Crippen MR) is 73.4 cm³/mol. The Hall–Kier alpha value is -1.06. The van der Waals surface area contributed by atoms with E-state index in [-0.39, 0.29) is 12.4 Å². The highest BCUT2D eigenvalue weighted by atomic mass is 35.5. The summed E-state index contributed by atoms with van der Waals surface area (Å²) in [4.78, 5) is 23.6. The molecule has 5 heteroatoms. The van der Waals surface area contributed by atoms with Crippen molar-refractivity contribution < 1.29 is 14.3 Å². The number of benzene rings is 1. The normalized spacial score (nSPS) is 23.6. The van der Waals surface area contributed by atoms with Gasteiger partial charge in [0.1, 0.15) is 6.61 Å². The standard InChI is InChI=1S/C14H14Cl2O3/c1-13(2)10(11(17)14(13,15)16)8-19-12(18)9-6-4-3-5-7-9/h3-7,10H,8H2,1-2H3/t10-/m0/s1. The van der Waals surface area contributed by atoms with E-state index in [0.717, 1.165) is 0 Å². The van der Waals surface area contributed by atoms with Gasteiger partial charge in [-0.1, -0.05) is 55.2 Å². The summed E-state index contributed by atoms with van der Waals surface area (Å²) in [5, 5.41) is 0. The van der Waals surface area contributed by atoms with Crippen molar-refractivity contribution in [1.82, 2.24) is 0 Å². The first kappa shape index (κ1) is 14.4. The summed E-state index contributed by atoms with van der Waals surface area (Å²) in [7, 11) is 0. The van der Waals surface area contributed by atoms with E-state index >= 15 is 0 Å². The van der Waals surface area contributed by atoms with Crippen molar-refractivity contribution >= 4 is 35.0 Å². The lowest BCUT2D eigenvalue weighted by molar-refractivity contribution is -0.145. The first-order chi connectivity index (χ1) is 8.78. The second kappa shape index (κ2) is 4.80. The van der Waals surface area contributed by atoms with Gasteiger partial charge in [-0.2, -0.15) is 0 Å². The van der Waals surface area contributed by atoms with Crippen LogP contribution in [0.25, 0.3) is 0 Å². The number of hydrogen-bond donors (Lipinski definition) is 0. The zero-order chi connectivity index (χ0) is 14.3. The van der Waals surface area contributed by atoms with Gasteiger partial charge < -0.3 is 4.74 Å². The van der Waals surface area contributed by atoms with E-state index in [0.29, 0.717) is 5.56 Å². The van der Waals surface area contributed by atoms with E-state index in [2.05, 4.69) is 0 Å². The Balaban J connectivity index is 1.98. The van der Waals surface area contributed by atoms with Gasteiger partial charge in [-0.25, -0.2) is 4.79 Å². The van der Waals surface area contributed by atoms with Crippen LogP contribution in [0.2, 0.25) is 0 Å². The van der Waals surface area contributed by atoms with Crippen LogP contribution < -0.4 is 0 Å². The number of carbonyl (C=O) groups is 2. The molecule has 3 nitrogen and oxygen atoms in total. The maximum absolute atomic E-state index is 11.8. The van der Waals surface area contributed by atoms with Crippen LogP contribution in [0.15, 0.2) is 30.3 Å². The quantitative estimate of drug-likeness (QED) is 0.636. The lowest BCUT2D eigenvalue weighted by Crippen LogP contribution is -2.64. The second-order valence-corrected chi connectivity index (χ2v) is 6.50. The summed E-state index contributed by atoms with van der Waals surface area (Å²) < 4.78 is 3.76. The van der Waals surface area contributed by atoms with Crippen molar-refractivity contribution in [2.24, 2.45) is 11.3 Å². The van der Waals surface area contributed by atoms with Crippen LogP contribution in [-0.4, -0.2) is 22.7 Å². The molecule has 19 heavy (non-hydrogen) atoms. The van der Waals surface area contributed by atoms with Crippen molar-refractivity contribution in [3.8, 4) is 0 Å². The maximum atomic E-state index is 11.8. The number of rotatable bonds is 3. The van der Waals surface area contributed by atoms with Gasteiger partial charge in [-0.15, -0.1) is 0 Å². The molecule has 0 saturated heterocycles. The lowest BCUT2D eigenvalue weighted by atomic mass is 9.61. The molecule has 0 radical (unpaired) electrons. The number of ether oxygens (including phenoxy) is 1. The molecule has 1 aromatic rings. The van der Waals surface area contributed by atoms with Gasteiger partial charge in [0.2, 0.25) is 0 Å². The van der Waals surface area contributed by atoms with Gasteiger partial charge in [0.25, 0.3) is 0 Å². The van der Waals surface area contributed by atoms with Crippen LogP contribution in [0.4, 0.5) is 0 Å². The number of halogens is 2. The minimum atomic E-state index is -1.39. The number of carbonyl (C=O) groups excluding carboxylic acids is 2. The number of alkyl halides is 2. The Bertz CT molecular complexity index is 509. The minimum absolute atomic E-state index is 0.000745. The van der Waals surface area contributed by atoms with E-state index in [1.807, 2.05) is 6.07 Å². The molecule has 2 rings (SSSR count). The Morgan fingerprint density at radius 3 is 2.37 bits per heavy atom. The van der Waals surface area contributed by atoms with Gasteiger partial charge in [0, 0.05) is 5.41 Å². The smallest absolute Gasteiger partial charge is 0.338 e. The fourth-order valence-corrected chi connectivity index (χ4v) is 2.63. The molecule has 0 unspecified atom stereocenters. The Morgan fingerprint density at radius 1 is 1.26 bits per heavy atom. The van der Waals surface area contributed by atoms with Crippen LogP contribution in [0.3, 0.4) is 0 Å². The number of ketones is 1. The maximum Gasteiger partial charge on any atom is 0.338 e. The van der Waals surface area contributed by atoms with E-state index < -0.39 is 21.6 Å². The fourth-order valence-electron chi connectivity index (χ4n) is 2.11. The third kappa shape index (κ3) is 2.26. The van der Waals surface area contributed by atoms with E-state index in [1.165, 1.54) is 0 Å². The predicted octanol–water partition coefficient (Wildman–Crippen LogP) is 3.24. The summed E-state index contributed by atoms with van der Waals surface area (Å²) in [6, 6.07) is 8.62. The molecule has 102 valence electrons. The van der Waals surface area contributed by atoms with E-state index in [4.69, 9.17) is 27.9 Å². The van der Waals surface area contributed by atoms with Gasteiger partial charge >= 0.3 is 5.97 Å². The Kier molecular flexibility index (Phi) is 3.63. The van der Waals surface area contributed by atoms with Crippen LogP contribution >= 0.6 is 23.2 Å². The topological polar surface area (TPSA) is 43.4 Å². The molecule has 0 bridgehead atoms. The first-order valence-corrected chi connectivity index (χ1v) is 6.68. The highest BCUT2D eigenvalue weighted by Gasteiger charge is 2.66. The summed E-state index contributed by atoms with van der Waals surface area (Å²) in [6.07, 6.45) is 0. The second-order valence-electron chi connectivity index (χ2n) is 5.18. The molecule has 0 aliphatic heterocycles. The molecular weight excluding hydrogens is 287 g/mol. The van der Waals surface area contributed by atoms with Crippen LogP contribution in [-0.2, 0) is 9.53 Å². The number of hydrogen-bond acceptors (Lipinski definition) is 3. The lowest BCUT2D eigenvalue weighted by Gasteiger charge is -2.52. The third-order valence-corrected chi connectivity index (χ3v) is 5.04. The molecule has 1 saturated carbocycles. The molecule has 1 fully saturated rings. The third-order valence-electron chi connectivity index (χ3n) is 3.70. The van der Waals surface area contributed by atoms with Gasteiger partial charge in [0.15, 0.2) is 10.1 Å².